The van der Waals surface area contributed by atoms with Crippen molar-refractivity contribution in [2.45, 2.75) is 23.8 Å². The number of halogens is 1. The van der Waals surface area contributed by atoms with E-state index in [-0.39, 0.29) is 5.91 Å². The Morgan fingerprint density at radius 1 is 1.12 bits per heavy atom. The second-order valence-corrected chi connectivity index (χ2v) is 7.42. The van der Waals surface area contributed by atoms with Gasteiger partial charge < -0.3 is 5.32 Å². The van der Waals surface area contributed by atoms with Crippen LogP contribution in [0.15, 0.2) is 53.6 Å². The lowest BCUT2D eigenvalue weighted by atomic mass is 10.2. The van der Waals surface area contributed by atoms with Crippen LogP contribution in [0, 0.1) is 0 Å². The first-order chi connectivity index (χ1) is 12.2. The summed E-state index contributed by atoms with van der Waals surface area (Å²) in [6.07, 6.45) is 2.30. The maximum absolute atomic E-state index is 12.2. The van der Waals surface area contributed by atoms with E-state index in [0.717, 1.165) is 40.3 Å². The molecule has 6 heteroatoms. The fourth-order valence-electron chi connectivity index (χ4n) is 2.56. The van der Waals surface area contributed by atoms with Crippen molar-refractivity contribution >= 4 is 45.9 Å². The molecular weight excluding hydrogens is 354 g/mol. The molecule has 1 aliphatic rings. The minimum Gasteiger partial charge on any atom is -0.325 e. The quantitative estimate of drug-likeness (QED) is 0.513. The van der Waals surface area contributed by atoms with Crippen molar-refractivity contribution in [2.24, 2.45) is 0 Å². The number of anilines is 1. The Bertz CT molecular complexity index is 926. The molecule has 3 aromatic rings. The molecule has 4 nitrogen and oxygen atoms in total. The highest BCUT2D eigenvalue weighted by atomic mass is 35.5. The van der Waals surface area contributed by atoms with E-state index in [1.54, 1.807) is 24.3 Å². The molecule has 4 rings (SSSR count). The molecule has 2 aromatic carbocycles. The fourth-order valence-corrected chi connectivity index (χ4v) is 3.52. The zero-order valence-corrected chi connectivity index (χ0v) is 15.0. The van der Waals surface area contributed by atoms with Crippen LogP contribution in [0.1, 0.15) is 24.6 Å². The van der Waals surface area contributed by atoms with Gasteiger partial charge in [-0.1, -0.05) is 41.6 Å². The van der Waals surface area contributed by atoms with Gasteiger partial charge >= 0.3 is 0 Å². The number of nitrogens with one attached hydrogen (secondary N) is 1. The smallest absolute Gasteiger partial charge is 0.234 e. The maximum atomic E-state index is 12.2. The summed E-state index contributed by atoms with van der Waals surface area (Å²) in [7, 11) is 0. The van der Waals surface area contributed by atoms with Crippen LogP contribution < -0.4 is 5.32 Å². The standard InChI is InChI=1S/C19H16ClN3OS/c20-13-7-9-14(10-8-13)21-17(24)11-25-19-15-3-1-2-4-16(15)22-18(23-19)12-5-6-12/h1-4,7-10,12H,5-6,11H2,(H,21,24). The lowest BCUT2D eigenvalue weighted by Crippen LogP contribution is -2.14. The number of para-hydroxylation sites is 1. The van der Waals surface area contributed by atoms with E-state index in [4.69, 9.17) is 16.6 Å². The predicted octanol–water partition coefficient (Wildman–Crippen LogP) is 4.89. The molecule has 1 aromatic heterocycles. The van der Waals surface area contributed by atoms with Crippen LogP contribution in [-0.4, -0.2) is 21.6 Å². The number of fused-ring (bicyclic) bond motifs is 1. The van der Waals surface area contributed by atoms with Crippen LogP contribution in [0.2, 0.25) is 5.02 Å². The van der Waals surface area contributed by atoms with E-state index in [0.29, 0.717) is 16.7 Å². The van der Waals surface area contributed by atoms with Crippen LogP contribution in [0.25, 0.3) is 10.9 Å². The van der Waals surface area contributed by atoms with E-state index in [1.165, 1.54) is 11.8 Å². The zero-order valence-electron chi connectivity index (χ0n) is 13.4. The number of rotatable bonds is 5. The summed E-state index contributed by atoms with van der Waals surface area (Å²) >= 11 is 7.31. The van der Waals surface area contributed by atoms with Crippen molar-refractivity contribution < 1.29 is 4.79 Å². The van der Waals surface area contributed by atoms with Gasteiger partial charge in [0.15, 0.2) is 0 Å². The molecule has 1 heterocycles. The molecule has 25 heavy (non-hydrogen) atoms. The highest BCUT2D eigenvalue weighted by molar-refractivity contribution is 8.00. The van der Waals surface area contributed by atoms with Gasteiger partial charge in [-0.3, -0.25) is 4.79 Å². The van der Waals surface area contributed by atoms with E-state index in [9.17, 15) is 4.79 Å². The SMILES string of the molecule is O=C(CSc1nc(C2CC2)nc2ccccc12)Nc1ccc(Cl)cc1. The summed E-state index contributed by atoms with van der Waals surface area (Å²) < 4.78 is 0. The average Bonchev–Trinajstić information content (AvgIpc) is 3.46. The van der Waals surface area contributed by atoms with Crippen LogP contribution in [-0.2, 0) is 4.79 Å². The third-order valence-electron chi connectivity index (χ3n) is 4.00. The molecule has 1 saturated carbocycles. The number of aromatic nitrogens is 2. The number of carbonyl (C=O) groups excluding carboxylic acids is 1. The number of thioether (sulfide) groups is 1. The van der Waals surface area contributed by atoms with E-state index < -0.39 is 0 Å². The van der Waals surface area contributed by atoms with E-state index in [2.05, 4.69) is 10.3 Å². The van der Waals surface area contributed by atoms with Crippen molar-refractivity contribution in [1.29, 1.82) is 0 Å². The van der Waals surface area contributed by atoms with Crippen LogP contribution in [0.4, 0.5) is 5.69 Å². The summed E-state index contributed by atoms with van der Waals surface area (Å²) in [5, 5.41) is 5.39. The van der Waals surface area contributed by atoms with E-state index in [1.807, 2.05) is 24.3 Å². The van der Waals surface area contributed by atoms with Crippen molar-refractivity contribution in [1.82, 2.24) is 9.97 Å². The third-order valence-corrected chi connectivity index (χ3v) is 5.24. The Morgan fingerprint density at radius 2 is 1.88 bits per heavy atom. The Balaban J connectivity index is 1.50. The van der Waals surface area contributed by atoms with Gasteiger partial charge in [0.05, 0.1) is 11.3 Å². The van der Waals surface area contributed by atoms with Crippen LogP contribution in [0.3, 0.4) is 0 Å². The van der Waals surface area contributed by atoms with Crippen molar-refractivity contribution in [3.63, 3.8) is 0 Å². The van der Waals surface area contributed by atoms with Gasteiger partial charge in [-0.25, -0.2) is 9.97 Å². The van der Waals surface area contributed by atoms with Gasteiger partial charge in [0.25, 0.3) is 0 Å². The van der Waals surface area contributed by atoms with Gasteiger partial charge in [-0.15, -0.1) is 0 Å². The van der Waals surface area contributed by atoms with Crippen molar-refractivity contribution in [3.8, 4) is 0 Å². The summed E-state index contributed by atoms with van der Waals surface area (Å²) in [4.78, 5) is 21.6. The molecule has 0 saturated heterocycles. The lowest BCUT2D eigenvalue weighted by Gasteiger charge is -2.08. The first kappa shape index (κ1) is 16.4. The topological polar surface area (TPSA) is 54.9 Å². The molecule has 126 valence electrons. The van der Waals surface area contributed by atoms with Crippen molar-refractivity contribution in [3.05, 3.63) is 59.4 Å². The first-order valence-electron chi connectivity index (χ1n) is 8.14. The second kappa shape index (κ2) is 7.02. The van der Waals surface area contributed by atoms with Crippen molar-refractivity contribution in [2.75, 3.05) is 11.1 Å². The van der Waals surface area contributed by atoms with Crippen LogP contribution in [0.5, 0.6) is 0 Å². The molecule has 0 radical (unpaired) electrons. The summed E-state index contributed by atoms with van der Waals surface area (Å²) in [6.45, 7) is 0. The van der Waals surface area contributed by atoms with Crippen LogP contribution >= 0.6 is 23.4 Å². The minimum absolute atomic E-state index is 0.0667. The van der Waals surface area contributed by atoms with E-state index >= 15 is 0 Å². The summed E-state index contributed by atoms with van der Waals surface area (Å²) in [5.41, 5.74) is 1.68. The molecule has 0 spiro atoms. The number of amides is 1. The molecular formula is C19H16ClN3OS. The van der Waals surface area contributed by atoms with Gasteiger partial charge in [0.1, 0.15) is 10.9 Å². The molecule has 0 bridgehead atoms. The number of hydrogen-bond acceptors (Lipinski definition) is 4. The molecule has 1 N–H and O–H groups in total. The highest BCUT2D eigenvalue weighted by Gasteiger charge is 2.27. The third kappa shape index (κ3) is 3.94. The average molecular weight is 370 g/mol. The molecule has 0 aliphatic heterocycles. The second-order valence-electron chi connectivity index (χ2n) is 6.02. The zero-order chi connectivity index (χ0) is 17.2. The van der Waals surface area contributed by atoms with Gasteiger partial charge in [0, 0.05) is 22.0 Å². The Morgan fingerprint density at radius 3 is 2.64 bits per heavy atom. The molecule has 1 fully saturated rings. The number of nitrogens with zero attached hydrogens (tertiary/aromatic N) is 2. The normalized spacial score (nSPS) is 13.8. The summed E-state index contributed by atoms with van der Waals surface area (Å²) in [5.74, 6) is 1.61. The lowest BCUT2D eigenvalue weighted by molar-refractivity contribution is -0.113. The first-order valence-corrected chi connectivity index (χ1v) is 9.50. The summed E-state index contributed by atoms with van der Waals surface area (Å²) in [6, 6.07) is 15.0. The monoisotopic (exact) mass is 369 g/mol. The number of hydrogen-bond donors (Lipinski definition) is 1. The maximum Gasteiger partial charge on any atom is 0.234 e. The largest absolute Gasteiger partial charge is 0.325 e. The van der Waals surface area contributed by atoms with Gasteiger partial charge in [0.2, 0.25) is 5.91 Å². The minimum atomic E-state index is -0.0667. The Hall–Kier alpha value is -2.11. The molecule has 1 aliphatic carbocycles. The highest BCUT2D eigenvalue weighted by Crippen LogP contribution is 2.39. The van der Waals surface area contributed by atoms with Gasteiger partial charge in [-0.05, 0) is 43.2 Å². The Labute approximate surface area is 155 Å². The number of carbonyl (C=O) groups is 1. The fraction of sp³-hybridized carbons (Fsp3) is 0.211. The predicted molar refractivity (Wildman–Crippen MR) is 102 cm³/mol. The molecule has 0 atom stereocenters. The Kier molecular flexibility index (Phi) is 4.59. The number of benzene rings is 2. The molecule has 1 amide bonds. The van der Waals surface area contributed by atoms with Gasteiger partial charge in [-0.2, -0.15) is 0 Å². The molecule has 0 unspecified atom stereocenters.